The first-order valence-electron chi connectivity index (χ1n) is 5.18. The van der Waals surface area contributed by atoms with Crippen molar-refractivity contribution in [2.24, 2.45) is 4.99 Å². The van der Waals surface area contributed by atoms with E-state index in [-0.39, 0.29) is 0 Å². The van der Waals surface area contributed by atoms with Gasteiger partial charge in [-0.25, -0.2) is 4.79 Å². The van der Waals surface area contributed by atoms with Crippen LogP contribution in [0.15, 0.2) is 47.5 Å². The molecular formula is C14H8ClNO2. The summed E-state index contributed by atoms with van der Waals surface area (Å²) in [5.41, 5.74) is 2.27. The highest BCUT2D eigenvalue weighted by atomic mass is 35.5. The molecular weight excluding hydrogens is 250 g/mol. The number of isocyanates is 1. The van der Waals surface area contributed by atoms with Crippen LogP contribution in [0, 0.1) is 0 Å². The van der Waals surface area contributed by atoms with Crippen molar-refractivity contribution >= 4 is 29.7 Å². The molecule has 0 bridgehead atoms. The molecule has 0 aromatic heterocycles. The lowest BCUT2D eigenvalue weighted by molar-refractivity contribution is 0.112. The van der Waals surface area contributed by atoms with Gasteiger partial charge in [0.1, 0.15) is 0 Å². The van der Waals surface area contributed by atoms with Crippen molar-refractivity contribution in [3.05, 3.63) is 53.1 Å². The SMILES string of the molecule is O=C=Nc1ccc(Cl)cc1-c1ccccc1C=O. The van der Waals surface area contributed by atoms with E-state index >= 15 is 0 Å². The van der Waals surface area contributed by atoms with Gasteiger partial charge in [0.05, 0.1) is 5.69 Å². The lowest BCUT2D eigenvalue weighted by Crippen LogP contribution is -1.87. The second-order valence-electron chi connectivity index (χ2n) is 3.57. The van der Waals surface area contributed by atoms with Crippen LogP contribution in [0.4, 0.5) is 5.69 Å². The number of aldehydes is 1. The molecule has 0 fully saturated rings. The molecule has 4 heteroatoms. The summed E-state index contributed by atoms with van der Waals surface area (Å²) < 4.78 is 0. The fourth-order valence-corrected chi connectivity index (χ4v) is 1.89. The van der Waals surface area contributed by atoms with Gasteiger partial charge in [0.25, 0.3) is 0 Å². The minimum Gasteiger partial charge on any atom is -0.298 e. The van der Waals surface area contributed by atoms with E-state index in [2.05, 4.69) is 4.99 Å². The molecule has 0 spiro atoms. The van der Waals surface area contributed by atoms with Gasteiger partial charge >= 0.3 is 0 Å². The molecule has 2 aromatic rings. The Balaban J connectivity index is 2.72. The van der Waals surface area contributed by atoms with Crippen molar-refractivity contribution in [2.45, 2.75) is 0 Å². The predicted octanol–water partition coefficient (Wildman–Crippen LogP) is 3.79. The van der Waals surface area contributed by atoms with Crippen molar-refractivity contribution in [2.75, 3.05) is 0 Å². The Kier molecular flexibility index (Phi) is 3.68. The van der Waals surface area contributed by atoms with Crippen molar-refractivity contribution in [3.63, 3.8) is 0 Å². The standard InChI is InChI=1S/C14H8ClNO2/c15-11-5-6-14(16-9-18)13(7-11)12-4-2-1-3-10(12)8-17/h1-8H. The quantitative estimate of drug-likeness (QED) is 0.477. The molecule has 0 radical (unpaired) electrons. The topological polar surface area (TPSA) is 46.5 Å². The van der Waals surface area contributed by atoms with Crippen LogP contribution in [0.1, 0.15) is 10.4 Å². The number of hydrogen-bond donors (Lipinski definition) is 0. The van der Waals surface area contributed by atoms with Gasteiger partial charge in [0.2, 0.25) is 6.08 Å². The maximum atomic E-state index is 11.0. The molecule has 0 unspecified atom stereocenters. The van der Waals surface area contributed by atoms with Crippen LogP contribution < -0.4 is 0 Å². The third kappa shape index (κ3) is 2.38. The van der Waals surface area contributed by atoms with Gasteiger partial charge in [-0.1, -0.05) is 35.9 Å². The molecule has 0 amide bonds. The number of nitrogens with zero attached hydrogens (tertiary/aromatic N) is 1. The van der Waals surface area contributed by atoms with Gasteiger partial charge < -0.3 is 0 Å². The average molecular weight is 258 g/mol. The van der Waals surface area contributed by atoms with E-state index < -0.39 is 0 Å². The van der Waals surface area contributed by atoms with Crippen molar-refractivity contribution in [3.8, 4) is 11.1 Å². The minimum absolute atomic E-state index is 0.434. The zero-order chi connectivity index (χ0) is 13.0. The lowest BCUT2D eigenvalue weighted by atomic mass is 9.99. The summed E-state index contributed by atoms with van der Waals surface area (Å²) in [6.07, 6.45) is 2.25. The highest BCUT2D eigenvalue weighted by Gasteiger charge is 2.09. The first-order valence-corrected chi connectivity index (χ1v) is 5.56. The summed E-state index contributed by atoms with van der Waals surface area (Å²) in [4.78, 5) is 25.0. The first kappa shape index (κ1) is 12.2. The van der Waals surface area contributed by atoms with E-state index in [1.807, 2.05) is 0 Å². The number of halogens is 1. The maximum absolute atomic E-state index is 11.0. The molecule has 0 atom stereocenters. The zero-order valence-corrected chi connectivity index (χ0v) is 10.0. The largest absolute Gasteiger partial charge is 0.298 e. The molecule has 0 saturated heterocycles. The lowest BCUT2D eigenvalue weighted by Gasteiger charge is -2.07. The van der Waals surface area contributed by atoms with Crippen LogP contribution in [-0.4, -0.2) is 12.4 Å². The number of benzene rings is 2. The fraction of sp³-hybridized carbons (Fsp3) is 0. The van der Waals surface area contributed by atoms with Gasteiger partial charge in [-0.05, 0) is 23.8 Å². The minimum atomic E-state index is 0.434. The van der Waals surface area contributed by atoms with Crippen LogP contribution in [0.5, 0.6) is 0 Å². The van der Waals surface area contributed by atoms with Crippen molar-refractivity contribution in [1.82, 2.24) is 0 Å². The summed E-state index contributed by atoms with van der Waals surface area (Å²) >= 11 is 5.93. The second-order valence-corrected chi connectivity index (χ2v) is 4.01. The predicted molar refractivity (Wildman–Crippen MR) is 70.1 cm³/mol. The Morgan fingerprint density at radius 2 is 1.89 bits per heavy atom. The summed E-state index contributed by atoms with van der Waals surface area (Å²) in [6, 6.07) is 11.9. The molecule has 18 heavy (non-hydrogen) atoms. The molecule has 2 aromatic carbocycles. The molecule has 0 aliphatic heterocycles. The van der Waals surface area contributed by atoms with Gasteiger partial charge in [-0.3, -0.25) is 4.79 Å². The van der Waals surface area contributed by atoms with Crippen LogP contribution >= 0.6 is 11.6 Å². The van der Waals surface area contributed by atoms with Crippen molar-refractivity contribution in [1.29, 1.82) is 0 Å². The maximum Gasteiger partial charge on any atom is 0.240 e. The Hall–Kier alpha value is -2.22. The monoisotopic (exact) mass is 257 g/mol. The number of aliphatic imine (C=N–C) groups is 1. The summed E-state index contributed by atoms with van der Waals surface area (Å²) in [6.45, 7) is 0. The van der Waals surface area contributed by atoms with Crippen LogP contribution in [-0.2, 0) is 4.79 Å². The van der Waals surface area contributed by atoms with E-state index in [1.165, 1.54) is 6.08 Å². The van der Waals surface area contributed by atoms with Gasteiger partial charge in [-0.15, -0.1) is 0 Å². The van der Waals surface area contributed by atoms with Gasteiger partial charge in [-0.2, -0.15) is 4.99 Å². The Morgan fingerprint density at radius 3 is 2.61 bits per heavy atom. The van der Waals surface area contributed by atoms with E-state index in [4.69, 9.17) is 11.6 Å². The fourth-order valence-electron chi connectivity index (χ4n) is 1.72. The normalized spacial score (nSPS) is 9.61. The smallest absolute Gasteiger partial charge is 0.240 e. The molecule has 0 N–H and O–H groups in total. The number of carbonyl (C=O) groups is 1. The third-order valence-electron chi connectivity index (χ3n) is 2.50. The number of rotatable bonds is 3. The van der Waals surface area contributed by atoms with E-state index in [0.29, 0.717) is 27.4 Å². The summed E-state index contributed by atoms with van der Waals surface area (Å²) in [5, 5.41) is 0.510. The third-order valence-corrected chi connectivity index (χ3v) is 2.74. The molecule has 88 valence electrons. The highest BCUT2D eigenvalue weighted by Crippen LogP contribution is 2.34. The number of hydrogen-bond acceptors (Lipinski definition) is 3. The highest BCUT2D eigenvalue weighted by molar-refractivity contribution is 6.31. The molecule has 0 saturated carbocycles. The van der Waals surface area contributed by atoms with E-state index in [1.54, 1.807) is 42.5 Å². The van der Waals surface area contributed by atoms with Crippen LogP contribution in [0.2, 0.25) is 5.02 Å². The Labute approximate surface area is 109 Å². The molecule has 2 rings (SSSR count). The number of carbonyl (C=O) groups excluding carboxylic acids is 2. The zero-order valence-electron chi connectivity index (χ0n) is 9.26. The second kappa shape index (κ2) is 5.41. The average Bonchev–Trinajstić information content (AvgIpc) is 2.41. The molecule has 3 nitrogen and oxygen atoms in total. The summed E-state index contributed by atoms with van der Waals surface area (Å²) in [7, 11) is 0. The van der Waals surface area contributed by atoms with Gasteiger partial charge in [0.15, 0.2) is 6.29 Å². The van der Waals surface area contributed by atoms with E-state index in [9.17, 15) is 9.59 Å². The Morgan fingerprint density at radius 1 is 1.11 bits per heavy atom. The first-order chi connectivity index (χ1) is 8.76. The van der Waals surface area contributed by atoms with E-state index in [0.717, 1.165) is 6.29 Å². The molecule has 0 aliphatic rings. The van der Waals surface area contributed by atoms with Crippen molar-refractivity contribution < 1.29 is 9.59 Å². The molecule has 0 aliphatic carbocycles. The van der Waals surface area contributed by atoms with Crippen LogP contribution in [0.25, 0.3) is 11.1 Å². The van der Waals surface area contributed by atoms with Gasteiger partial charge in [0, 0.05) is 16.1 Å². The molecule has 0 heterocycles. The Bertz CT molecular complexity index is 646. The summed E-state index contributed by atoms with van der Waals surface area (Å²) in [5.74, 6) is 0. The van der Waals surface area contributed by atoms with Crippen LogP contribution in [0.3, 0.4) is 0 Å².